The summed E-state index contributed by atoms with van der Waals surface area (Å²) >= 11 is 1.26. The van der Waals surface area contributed by atoms with Crippen LogP contribution in [0.25, 0.3) is 11.4 Å². The molecule has 0 radical (unpaired) electrons. The van der Waals surface area contributed by atoms with E-state index in [1.807, 2.05) is 50.2 Å². The molecule has 3 rings (SSSR count). The van der Waals surface area contributed by atoms with Gasteiger partial charge in [-0.3, -0.25) is 9.78 Å². The molecule has 0 unspecified atom stereocenters. The van der Waals surface area contributed by atoms with E-state index in [4.69, 9.17) is 5.84 Å². The molecule has 26 heavy (non-hydrogen) atoms. The molecule has 0 fully saturated rings. The van der Waals surface area contributed by atoms with Crippen molar-refractivity contribution in [2.75, 3.05) is 16.5 Å². The quantitative estimate of drug-likeness (QED) is 0.531. The van der Waals surface area contributed by atoms with Crippen LogP contribution in [0, 0.1) is 0 Å². The molecule has 0 aliphatic heterocycles. The lowest BCUT2D eigenvalue weighted by Gasteiger charge is -2.26. The van der Waals surface area contributed by atoms with E-state index in [9.17, 15) is 4.79 Å². The van der Waals surface area contributed by atoms with E-state index >= 15 is 0 Å². The fourth-order valence-electron chi connectivity index (χ4n) is 2.58. The molecule has 0 aliphatic carbocycles. The van der Waals surface area contributed by atoms with Crippen LogP contribution in [-0.4, -0.2) is 37.6 Å². The summed E-state index contributed by atoms with van der Waals surface area (Å²) in [7, 11) is 0. The van der Waals surface area contributed by atoms with E-state index in [0.29, 0.717) is 11.0 Å². The maximum Gasteiger partial charge on any atom is 0.237 e. The maximum atomic E-state index is 12.7. The number of thioether (sulfide) groups is 1. The third-order valence-corrected chi connectivity index (χ3v) is 4.66. The summed E-state index contributed by atoms with van der Waals surface area (Å²) < 4.78 is 1.39. The van der Waals surface area contributed by atoms with Crippen LogP contribution in [0.15, 0.2) is 60.0 Å². The van der Waals surface area contributed by atoms with Crippen LogP contribution in [0.2, 0.25) is 0 Å². The molecule has 0 spiro atoms. The lowest BCUT2D eigenvalue weighted by molar-refractivity contribution is -0.116. The molecule has 3 aromatic rings. The molecule has 8 heteroatoms. The average Bonchev–Trinajstić information content (AvgIpc) is 3.02. The predicted molar refractivity (Wildman–Crippen MR) is 103 cm³/mol. The molecule has 0 atom stereocenters. The fraction of sp³-hybridized carbons (Fsp3) is 0.222. The van der Waals surface area contributed by atoms with Crippen LogP contribution in [0.1, 0.15) is 13.8 Å². The Morgan fingerprint density at radius 2 is 1.96 bits per heavy atom. The monoisotopic (exact) mass is 368 g/mol. The summed E-state index contributed by atoms with van der Waals surface area (Å²) in [6.45, 7) is 3.98. The largest absolute Gasteiger partial charge is 0.335 e. The van der Waals surface area contributed by atoms with E-state index < -0.39 is 0 Å². The number of hydrogen-bond donors (Lipinski definition) is 1. The second-order valence-electron chi connectivity index (χ2n) is 5.90. The number of nitrogen functional groups attached to an aromatic ring is 1. The summed E-state index contributed by atoms with van der Waals surface area (Å²) in [5.41, 5.74) is 1.65. The first-order chi connectivity index (χ1) is 12.6. The van der Waals surface area contributed by atoms with Gasteiger partial charge in [-0.05, 0) is 38.1 Å². The van der Waals surface area contributed by atoms with Gasteiger partial charge in [0.05, 0.1) is 5.75 Å². The number of para-hydroxylation sites is 1. The maximum absolute atomic E-state index is 12.7. The highest BCUT2D eigenvalue weighted by molar-refractivity contribution is 7.99. The van der Waals surface area contributed by atoms with Gasteiger partial charge < -0.3 is 10.7 Å². The lowest BCUT2D eigenvalue weighted by atomic mass is 10.2. The van der Waals surface area contributed by atoms with E-state index in [0.717, 1.165) is 11.3 Å². The summed E-state index contributed by atoms with van der Waals surface area (Å²) in [6, 6.07) is 13.3. The molecule has 0 saturated heterocycles. The fourth-order valence-corrected chi connectivity index (χ4v) is 3.30. The van der Waals surface area contributed by atoms with Gasteiger partial charge in [0.1, 0.15) is 0 Å². The zero-order chi connectivity index (χ0) is 18.5. The molecule has 2 N–H and O–H groups in total. The lowest BCUT2D eigenvalue weighted by Crippen LogP contribution is -2.38. The summed E-state index contributed by atoms with van der Waals surface area (Å²) in [5, 5.41) is 8.68. The van der Waals surface area contributed by atoms with Crippen molar-refractivity contribution in [2.45, 2.75) is 25.0 Å². The normalized spacial score (nSPS) is 10.9. The molecule has 7 nitrogen and oxygen atoms in total. The number of carbonyl (C=O) groups is 1. The number of aromatic nitrogens is 4. The number of hydrogen-bond acceptors (Lipinski definition) is 6. The average molecular weight is 368 g/mol. The number of nitrogens with two attached hydrogens (primary N) is 1. The Hall–Kier alpha value is -2.87. The van der Waals surface area contributed by atoms with Crippen LogP contribution in [0.5, 0.6) is 0 Å². The van der Waals surface area contributed by atoms with Crippen molar-refractivity contribution in [1.82, 2.24) is 19.9 Å². The minimum absolute atomic E-state index is 0.0119. The Labute approximate surface area is 156 Å². The predicted octanol–water partition coefficient (Wildman–Crippen LogP) is 2.59. The zero-order valence-corrected chi connectivity index (χ0v) is 15.4. The third-order valence-electron chi connectivity index (χ3n) is 3.73. The van der Waals surface area contributed by atoms with Gasteiger partial charge in [-0.1, -0.05) is 30.0 Å². The molecule has 0 saturated carbocycles. The van der Waals surface area contributed by atoms with Crippen molar-refractivity contribution in [2.24, 2.45) is 0 Å². The van der Waals surface area contributed by atoms with Crippen LogP contribution >= 0.6 is 11.8 Å². The zero-order valence-electron chi connectivity index (χ0n) is 14.6. The Balaban J connectivity index is 1.72. The summed E-state index contributed by atoms with van der Waals surface area (Å²) in [5.74, 6) is 6.80. The van der Waals surface area contributed by atoms with Gasteiger partial charge >= 0.3 is 0 Å². The van der Waals surface area contributed by atoms with Crippen LogP contribution < -0.4 is 10.7 Å². The Kier molecular flexibility index (Phi) is 5.52. The van der Waals surface area contributed by atoms with E-state index in [2.05, 4.69) is 15.2 Å². The van der Waals surface area contributed by atoms with Gasteiger partial charge in [-0.25, -0.2) is 4.68 Å². The van der Waals surface area contributed by atoms with Crippen molar-refractivity contribution < 1.29 is 4.79 Å². The third kappa shape index (κ3) is 3.85. The first-order valence-corrected chi connectivity index (χ1v) is 9.17. The van der Waals surface area contributed by atoms with Crippen molar-refractivity contribution in [3.8, 4) is 11.4 Å². The van der Waals surface area contributed by atoms with Gasteiger partial charge in [-0.15, -0.1) is 10.2 Å². The minimum Gasteiger partial charge on any atom is -0.335 e. The second-order valence-corrected chi connectivity index (χ2v) is 6.84. The minimum atomic E-state index is -0.0119. The Morgan fingerprint density at radius 3 is 2.62 bits per heavy atom. The van der Waals surface area contributed by atoms with Crippen LogP contribution in [0.3, 0.4) is 0 Å². The van der Waals surface area contributed by atoms with E-state index in [1.165, 1.54) is 16.4 Å². The number of nitrogens with zero attached hydrogens (tertiary/aromatic N) is 5. The molecule has 134 valence electrons. The highest BCUT2D eigenvalue weighted by Gasteiger charge is 2.20. The van der Waals surface area contributed by atoms with E-state index in [-0.39, 0.29) is 17.7 Å². The number of carbonyl (C=O) groups excluding carboxylic acids is 1. The second kappa shape index (κ2) is 8.01. The highest BCUT2D eigenvalue weighted by atomic mass is 32.2. The van der Waals surface area contributed by atoms with Gasteiger partial charge in [0.2, 0.25) is 11.1 Å². The van der Waals surface area contributed by atoms with E-state index in [1.54, 1.807) is 23.4 Å². The van der Waals surface area contributed by atoms with Crippen molar-refractivity contribution in [3.63, 3.8) is 0 Å². The van der Waals surface area contributed by atoms with Crippen molar-refractivity contribution in [1.29, 1.82) is 0 Å². The number of amides is 1. The van der Waals surface area contributed by atoms with Gasteiger partial charge in [-0.2, -0.15) is 0 Å². The number of anilines is 1. The Morgan fingerprint density at radius 1 is 1.19 bits per heavy atom. The highest BCUT2D eigenvalue weighted by Crippen LogP contribution is 2.23. The van der Waals surface area contributed by atoms with Crippen molar-refractivity contribution >= 4 is 23.4 Å². The smallest absolute Gasteiger partial charge is 0.237 e. The molecule has 2 heterocycles. The summed E-state index contributed by atoms with van der Waals surface area (Å²) in [4.78, 5) is 18.6. The van der Waals surface area contributed by atoms with Gasteiger partial charge in [0.15, 0.2) is 5.82 Å². The Bertz CT molecular complexity index is 866. The molecule has 0 aliphatic rings. The molecular formula is C18H20N6OS. The summed E-state index contributed by atoms with van der Waals surface area (Å²) in [6.07, 6.45) is 3.35. The van der Waals surface area contributed by atoms with Gasteiger partial charge in [0.25, 0.3) is 0 Å². The van der Waals surface area contributed by atoms with Crippen LogP contribution in [0.4, 0.5) is 5.69 Å². The molecule has 2 aromatic heterocycles. The molecule has 1 aromatic carbocycles. The molecule has 1 amide bonds. The number of rotatable bonds is 6. The first kappa shape index (κ1) is 17.9. The molecule has 0 bridgehead atoms. The molecular weight excluding hydrogens is 348 g/mol. The van der Waals surface area contributed by atoms with Gasteiger partial charge in [0, 0.05) is 29.7 Å². The standard InChI is InChI=1S/C18H20N6OS/c1-13(2)23(15-8-4-3-5-9-15)16(25)12-26-18-22-21-17(24(18)19)14-7-6-10-20-11-14/h3-11,13H,12,19H2,1-2H3. The SMILES string of the molecule is CC(C)N(C(=O)CSc1nnc(-c2cccnc2)n1N)c1ccccc1. The first-order valence-electron chi connectivity index (χ1n) is 8.18. The number of benzene rings is 1. The van der Waals surface area contributed by atoms with Crippen molar-refractivity contribution in [3.05, 3.63) is 54.9 Å². The number of pyridine rings is 1. The van der Waals surface area contributed by atoms with Crippen LogP contribution in [-0.2, 0) is 4.79 Å². The topological polar surface area (TPSA) is 89.9 Å².